The van der Waals surface area contributed by atoms with Gasteiger partial charge in [-0.05, 0) is 62.1 Å². The molecule has 1 N–H and O–H groups in total. The van der Waals surface area contributed by atoms with Gasteiger partial charge >= 0.3 is 0 Å². The fourth-order valence-corrected chi connectivity index (χ4v) is 5.81. The van der Waals surface area contributed by atoms with Gasteiger partial charge in [0.15, 0.2) is 0 Å². The second-order valence-electron chi connectivity index (χ2n) is 7.90. The Morgan fingerprint density at radius 2 is 1.93 bits per heavy atom. The third kappa shape index (κ3) is 4.63. The molecule has 1 heterocycles. The molecule has 0 saturated carbocycles. The van der Waals surface area contributed by atoms with Gasteiger partial charge in [-0.25, -0.2) is 8.42 Å². The average Bonchev–Trinajstić information content (AvgIpc) is 2.74. The summed E-state index contributed by atoms with van der Waals surface area (Å²) in [7, 11) is -2.14. The van der Waals surface area contributed by atoms with Crippen molar-refractivity contribution in [2.45, 2.75) is 38.1 Å². The van der Waals surface area contributed by atoms with E-state index in [-0.39, 0.29) is 17.3 Å². The van der Waals surface area contributed by atoms with E-state index >= 15 is 0 Å². The normalized spacial score (nSPS) is 20.0. The zero-order valence-corrected chi connectivity index (χ0v) is 19.0. The fraction of sp³-hybridized carbons (Fsp3) is 0.409. The molecule has 0 aromatic heterocycles. The molecular weight excluding hydrogens is 424 g/mol. The molecule has 8 heteroatoms. The molecule has 0 aliphatic carbocycles. The molecule has 0 radical (unpaired) electrons. The lowest BCUT2D eigenvalue weighted by molar-refractivity contribution is -0.132. The number of piperidine rings is 1. The first-order valence-corrected chi connectivity index (χ1v) is 11.7. The minimum absolute atomic E-state index is 0.135. The van der Waals surface area contributed by atoms with E-state index < -0.39 is 15.4 Å². The molecule has 6 nitrogen and oxygen atoms in total. The zero-order valence-electron chi connectivity index (χ0n) is 17.4. The highest BCUT2D eigenvalue weighted by molar-refractivity contribution is 7.89. The largest absolute Gasteiger partial charge is 0.497 e. The van der Waals surface area contributed by atoms with Gasteiger partial charge in [0.05, 0.1) is 17.4 Å². The molecule has 3 rings (SSSR count). The van der Waals surface area contributed by atoms with Crippen LogP contribution in [0.5, 0.6) is 5.75 Å². The van der Waals surface area contributed by atoms with E-state index in [1.807, 2.05) is 31.2 Å². The number of carbonyl (C=O) groups is 1. The maximum Gasteiger partial charge on any atom is 0.243 e. The first-order valence-electron chi connectivity index (χ1n) is 9.84. The lowest BCUT2D eigenvalue weighted by Crippen LogP contribution is -2.51. The van der Waals surface area contributed by atoms with Gasteiger partial charge in [0, 0.05) is 24.7 Å². The molecule has 2 aromatic carbocycles. The Kier molecular flexibility index (Phi) is 6.75. The van der Waals surface area contributed by atoms with Crippen molar-refractivity contribution in [3.8, 4) is 5.75 Å². The number of hydrogen-bond acceptors (Lipinski definition) is 4. The van der Waals surface area contributed by atoms with E-state index in [4.69, 9.17) is 16.3 Å². The van der Waals surface area contributed by atoms with Crippen LogP contribution in [0.15, 0.2) is 47.4 Å². The zero-order chi connectivity index (χ0) is 21.9. The number of methoxy groups -OCH3 is 1. The van der Waals surface area contributed by atoms with Crippen molar-refractivity contribution in [2.75, 3.05) is 20.2 Å². The summed E-state index contributed by atoms with van der Waals surface area (Å²) < 4.78 is 33.0. The molecule has 162 valence electrons. The van der Waals surface area contributed by atoms with Gasteiger partial charge in [-0.1, -0.05) is 29.8 Å². The number of carbonyl (C=O) groups excluding carboxylic acids is 1. The van der Waals surface area contributed by atoms with E-state index in [0.29, 0.717) is 36.5 Å². The highest BCUT2D eigenvalue weighted by atomic mass is 35.5. The molecular formula is C22H27ClN2O4S. The summed E-state index contributed by atoms with van der Waals surface area (Å²) in [4.78, 5) is 13.2. The molecule has 30 heavy (non-hydrogen) atoms. The summed E-state index contributed by atoms with van der Waals surface area (Å²) >= 11 is 6.13. The van der Waals surface area contributed by atoms with Crippen LogP contribution in [0.1, 0.15) is 30.9 Å². The Morgan fingerprint density at radius 1 is 1.23 bits per heavy atom. The number of benzene rings is 2. The Morgan fingerprint density at radius 3 is 2.60 bits per heavy atom. The van der Waals surface area contributed by atoms with Gasteiger partial charge in [0.25, 0.3) is 0 Å². The fourth-order valence-electron chi connectivity index (χ4n) is 3.73. The van der Waals surface area contributed by atoms with Crippen molar-refractivity contribution in [3.05, 3.63) is 58.6 Å². The van der Waals surface area contributed by atoms with Crippen LogP contribution in [0, 0.1) is 12.3 Å². The maximum absolute atomic E-state index is 13.2. The number of halogens is 1. The van der Waals surface area contributed by atoms with E-state index in [9.17, 15) is 13.2 Å². The number of hydrogen-bond donors (Lipinski definition) is 1. The van der Waals surface area contributed by atoms with Crippen molar-refractivity contribution in [3.63, 3.8) is 0 Å². The van der Waals surface area contributed by atoms with Crippen LogP contribution in [0.25, 0.3) is 0 Å². The van der Waals surface area contributed by atoms with E-state index in [1.54, 1.807) is 32.2 Å². The van der Waals surface area contributed by atoms with Crippen LogP contribution in [-0.4, -0.2) is 38.8 Å². The van der Waals surface area contributed by atoms with Gasteiger partial charge in [-0.3, -0.25) is 4.79 Å². The summed E-state index contributed by atoms with van der Waals surface area (Å²) in [5, 5.41) is 3.37. The molecule has 1 fully saturated rings. The molecule has 1 unspecified atom stereocenters. The van der Waals surface area contributed by atoms with Gasteiger partial charge < -0.3 is 10.1 Å². The molecule has 2 aromatic rings. The third-order valence-corrected chi connectivity index (χ3v) is 8.06. The van der Waals surface area contributed by atoms with Crippen LogP contribution in [0.2, 0.25) is 5.02 Å². The minimum atomic E-state index is -3.74. The van der Waals surface area contributed by atoms with Crippen LogP contribution >= 0.6 is 11.6 Å². The summed E-state index contributed by atoms with van der Waals surface area (Å²) in [5.41, 5.74) is 0.669. The monoisotopic (exact) mass is 450 g/mol. The topological polar surface area (TPSA) is 75.7 Å². The molecule has 1 aliphatic heterocycles. The van der Waals surface area contributed by atoms with Gasteiger partial charge in [0.1, 0.15) is 5.75 Å². The van der Waals surface area contributed by atoms with Crippen molar-refractivity contribution >= 4 is 27.5 Å². The Hall–Kier alpha value is -2.09. The molecule has 0 spiro atoms. The number of nitrogens with zero attached hydrogens (tertiary/aromatic N) is 1. The quantitative estimate of drug-likeness (QED) is 0.726. The maximum atomic E-state index is 13.2. The molecule has 1 amide bonds. The van der Waals surface area contributed by atoms with Crippen LogP contribution < -0.4 is 10.1 Å². The summed E-state index contributed by atoms with van der Waals surface area (Å²) in [5.74, 6) is 0.600. The first kappa shape index (κ1) is 22.6. The Balaban J connectivity index is 1.73. The second-order valence-corrected chi connectivity index (χ2v) is 10.2. The molecule has 0 bridgehead atoms. The van der Waals surface area contributed by atoms with Gasteiger partial charge in [-0.15, -0.1) is 0 Å². The number of ether oxygens (including phenoxy) is 1. The third-order valence-electron chi connectivity index (χ3n) is 5.66. The van der Waals surface area contributed by atoms with Crippen LogP contribution in [0.3, 0.4) is 0 Å². The Bertz CT molecular complexity index is 1020. The second kappa shape index (κ2) is 8.96. The Labute approximate surface area is 183 Å². The SMILES string of the molecule is COc1ccc(CNC(=O)C2(C)CCCN(S(=O)(=O)c3cccc(Cl)c3C)C2)cc1. The van der Waals surface area contributed by atoms with Crippen LogP contribution in [0.4, 0.5) is 0 Å². The predicted octanol–water partition coefficient (Wildman–Crippen LogP) is 3.76. The first-order chi connectivity index (χ1) is 14.2. The smallest absolute Gasteiger partial charge is 0.243 e. The number of nitrogens with one attached hydrogen (secondary N) is 1. The standard InChI is InChI=1S/C22H27ClN2O4S/c1-16-19(23)6-4-7-20(16)30(27,28)25-13-5-12-22(2,15-25)21(26)24-14-17-8-10-18(29-3)11-9-17/h4,6-11H,5,12-15H2,1-3H3,(H,24,26). The lowest BCUT2D eigenvalue weighted by Gasteiger charge is -2.38. The average molecular weight is 451 g/mol. The van der Waals surface area contributed by atoms with Crippen molar-refractivity contribution in [1.29, 1.82) is 0 Å². The highest BCUT2D eigenvalue weighted by Gasteiger charge is 2.42. The lowest BCUT2D eigenvalue weighted by atomic mass is 9.82. The van der Waals surface area contributed by atoms with Crippen molar-refractivity contribution in [2.24, 2.45) is 5.41 Å². The van der Waals surface area contributed by atoms with E-state index in [1.165, 1.54) is 4.31 Å². The predicted molar refractivity (Wildman–Crippen MR) is 117 cm³/mol. The highest BCUT2D eigenvalue weighted by Crippen LogP contribution is 2.34. The van der Waals surface area contributed by atoms with E-state index in [2.05, 4.69) is 5.32 Å². The molecule has 1 atom stereocenters. The summed E-state index contributed by atoms with van der Waals surface area (Å²) in [6, 6.07) is 12.3. The molecule has 1 aliphatic rings. The summed E-state index contributed by atoms with van der Waals surface area (Å²) in [6.45, 7) is 4.41. The van der Waals surface area contributed by atoms with Crippen LogP contribution in [-0.2, 0) is 21.4 Å². The minimum Gasteiger partial charge on any atom is -0.497 e. The van der Waals surface area contributed by atoms with Gasteiger partial charge in [0.2, 0.25) is 15.9 Å². The van der Waals surface area contributed by atoms with E-state index in [0.717, 1.165) is 11.3 Å². The number of rotatable bonds is 6. The van der Waals surface area contributed by atoms with Crippen molar-refractivity contribution < 1.29 is 17.9 Å². The summed E-state index contributed by atoms with van der Waals surface area (Å²) in [6.07, 6.45) is 1.24. The van der Waals surface area contributed by atoms with Gasteiger partial charge in [-0.2, -0.15) is 4.31 Å². The van der Waals surface area contributed by atoms with Crippen molar-refractivity contribution in [1.82, 2.24) is 9.62 Å². The number of sulfonamides is 1. The molecule has 1 saturated heterocycles. The number of amides is 1.